The minimum absolute atomic E-state index is 0.0378. The highest BCUT2D eigenvalue weighted by molar-refractivity contribution is 5.80. The molecule has 0 aromatic carbocycles. The number of piperazine rings is 1. The van der Waals surface area contributed by atoms with Crippen LogP contribution in [0.3, 0.4) is 0 Å². The molecule has 28 heavy (non-hydrogen) atoms. The van der Waals surface area contributed by atoms with Gasteiger partial charge in [-0.1, -0.05) is 0 Å². The van der Waals surface area contributed by atoms with Gasteiger partial charge in [0.15, 0.2) is 11.6 Å². The van der Waals surface area contributed by atoms with Crippen LogP contribution in [0.5, 0.6) is 0 Å². The first-order valence-electron chi connectivity index (χ1n) is 9.78. The number of furan rings is 1. The fourth-order valence-corrected chi connectivity index (χ4v) is 3.94. The number of amides is 2. The number of carbonyl (C=O) groups is 2. The lowest BCUT2D eigenvalue weighted by atomic mass is 9.96. The predicted molar refractivity (Wildman–Crippen MR) is 104 cm³/mol. The van der Waals surface area contributed by atoms with Crippen molar-refractivity contribution in [2.45, 2.75) is 19.8 Å². The molecule has 0 saturated carbocycles. The highest BCUT2D eigenvalue weighted by atomic mass is 16.3. The molecule has 2 fully saturated rings. The lowest BCUT2D eigenvalue weighted by molar-refractivity contribution is -0.141. The molecule has 2 aliphatic rings. The second-order valence-corrected chi connectivity index (χ2v) is 7.37. The molecule has 2 aromatic rings. The van der Waals surface area contributed by atoms with E-state index in [0.29, 0.717) is 44.2 Å². The second-order valence-electron chi connectivity index (χ2n) is 7.37. The average molecular weight is 383 g/mol. The number of piperidine rings is 1. The van der Waals surface area contributed by atoms with Crippen molar-refractivity contribution >= 4 is 17.6 Å². The van der Waals surface area contributed by atoms with Crippen LogP contribution in [0, 0.1) is 5.92 Å². The molecule has 4 heterocycles. The van der Waals surface area contributed by atoms with Gasteiger partial charge in [-0.05, 0) is 37.1 Å². The molecule has 8 nitrogen and oxygen atoms in total. The topological polar surface area (TPSA) is 82.8 Å². The summed E-state index contributed by atoms with van der Waals surface area (Å²) in [5.41, 5.74) is 0.696. The predicted octanol–water partition coefficient (Wildman–Crippen LogP) is 1.64. The summed E-state index contributed by atoms with van der Waals surface area (Å²) in [6.07, 6.45) is 3.45. The van der Waals surface area contributed by atoms with Crippen LogP contribution in [0.15, 0.2) is 34.9 Å². The lowest BCUT2D eigenvalue weighted by Gasteiger charge is -2.39. The van der Waals surface area contributed by atoms with Crippen LogP contribution < -0.4 is 4.90 Å². The van der Waals surface area contributed by atoms with Crippen LogP contribution in [0.25, 0.3) is 11.5 Å². The van der Waals surface area contributed by atoms with Gasteiger partial charge in [0.05, 0.1) is 12.2 Å². The lowest BCUT2D eigenvalue weighted by Crippen LogP contribution is -2.53. The maximum absolute atomic E-state index is 13.0. The SMILES string of the molecule is CC(=O)N1CCN(C(=O)C2CCCN(c3ccc(-c4ccco4)nn3)C2)CC1. The Bertz CT molecular complexity index is 813. The molecular formula is C20H25N5O3. The van der Waals surface area contributed by atoms with Gasteiger partial charge in [-0.25, -0.2) is 0 Å². The Kier molecular flexibility index (Phi) is 5.27. The summed E-state index contributed by atoms with van der Waals surface area (Å²) in [6.45, 7) is 5.58. The number of nitrogens with zero attached hydrogens (tertiary/aromatic N) is 5. The van der Waals surface area contributed by atoms with E-state index in [9.17, 15) is 9.59 Å². The largest absolute Gasteiger partial charge is 0.463 e. The quantitative estimate of drug-likeness (QED) is 0.801. The van der Waals surface area contributed by atoms with Crippen molar-refractivity contribution in [1.82, 2.24) is 20.0 Å². The Morgan fingerprint density at radius 2 is 1.82 bits per heavy atom. The highest BCUT2D eigenvalue weighted by Gasteiger charge is 2.32. The van der Waals surface area contributed by atoms with Gasteiger partial charge in [0, 0.05) is 46.2 Å². The standard InChI is InChI=1S/C20H25N5O3/c1-15(26)23-9-11-24(12-10-23)20(27)16-4-2-8-25(14-16)19-7-6-17(21-22-19)18-5-3-13-28-18/h3,5-7,13,16H,2,4,8-12,14H2,1H3. The van der Waals surface area contributed by atoms with Crippen LogP contribution in [-0.4, -0.2) is 71.1 Å². The van der Waals surface area contributed by atoms with Crippen LogP contribution in [0.4, 0.5) is 5.82 Å². The summed E-state index contributed by atoms with van der Waals surface area (Å²) in [7, 11) is 0. The zero-order valence-corrected chi connectivity index (χ0v) is 16.1. The fraction of sp³-hybridized carbons (Fsp3) is 0.500. The minimum Gasteiger partial charge on any atom is -0.463 e. The summed E-state index contributed by atoms with van der Waals surface area (Å²) in [5.74, 6) is 1.70. The van der Waals surface area contributed by atoms with Crippen molar-refractivity contribution in [2.24, 2.45) is 5.92 Å². The molecule has 2 saturated heterocycles. The fourth-order valence-electron chi connectivity index (χ4n) is 3.94. The van der Waals surface area contributed by atoms with E-state index < -0.39 is 0 Å². The molecule has 8 heteroatoms. The van der Waals surface area contributed by atoms with Crippen molar-refractivity contribution in [3.8, 4) is 11.5 Å². The van der Waals surface area contributed by atoms with Gasteiger partial charge in [-0.3, -0.25) is 9.59 Å². The van der Waals surface area contributed by atoms with Crippen LogP contribution in [0.2, 0.25) is 0 Å². The average Bonchev–Trinajstić information content (AvgIpc) is 3.28. The highest BCUT2D eigenvalue weighted by Crippen LogP contribution is 2.25. The van der Waals surface area contributed by atoms with Gasteiger partial charge < -0.3 is 19.1 Å². The number of aromatic nitrogens is 2. The van der Waals surface area contributed by atoms with Crippen LogP contribution >= 0.6 is 0 Å². The first kappa shape index (κ1) is 18.5. The van der Waals surface area contributed by atoms with Crippen molar-refractivity contribution in [1.29, 1.82) is 0 Å². The van der Waals surface area contributed by atoms with Crippen molar-refractivity contribution < 1.29 is 14.0 Å². The van der Waals surface area contributed by atoms with Gasteiger partial charge in [0.2, 0.25) is 11.8 Å². The van der Waals surface area contributed by atoms with Gasteiger partial charge in [0.1, 0.15) is 5.69 Å². The van der Waals surface area contributed by atoms with Crippen molar-refractivity contribution in [2.75, 3.05) is 44.2 Å². The molecule has 0 bridgehead atoms. The Hall–Kier alpha value is -2.90. The Labute approximate surface area is 164 Å². The summed E-state index contributed by atoms with van der Waals surface area (Å²) >= 11 is 0. The Balaban J connectivity index is 1.38. The Morgan fingerprint density at radius 1 is 1.04 bits per heavy atom. The number of rotatable bonds is 3. The van der Waals surface area contributed by atoms with Crippen LogP contribution in [0.1, 0.15) is 19.8 Å². The van der Waals surface area contributed by atoms with E-state index >= 15 is 0 Å². The van der Waals surface area contributed by atoms with Crippen LogP contribution in [-0.2, 0) is 9.59 Å². The monoisotopic (exact) mass is 383 g/mol. The van der Waals surface area contributed by atoms with Crippen molar-refractivity contribution in [3.05, 3.63) is 30.5 Å². The first-order chi connectivity index (χ1) is 13.6. The van der Waals surface area contributed by atoms with Crippen molar-refractivity contribution in [3.63, 3.8) is 0 Å². The van der Waals surface area contributed by atoms with E-state index in [4.69, 9.17) is 4.42 Å². The molecule has 0 spiro atoms. The molecule has 0 N–H and O–H groups in total. The van der Waals surface area contributed by atoms with E-state index in [1.807, 2.05) is 29.2 Å². The van der Waals surface area contributed by atoms with E-state index in [1.54, 1.807) is 18.1 Å². The first-order valence-corrected chi connectivity index (χ1v) is 9.78. The summed E-state index contributed by atoms with van der Waals surface area (Å²) in [5, 5.41) is 8.60. The zero-order valence-electron chi connectivity index (χ0n) is 16.1. The van der Waals surface area contributed by atoms with E-state index in [0.717, 1.165) is 25.2 Å². The number of hydrogen-bond donors (Lipinski definition) is 0. The van der Waals surface area contributed by atoms with Gasteiger partial charge in [-0.2, -0.15) is 0 Å². The maximum Gasteiger partial charge on any atom is 0.227 e. The Morgan fingerprint density at radius 3 is 2.46 bits per heavy atom. The summed E-state index contributed by atoms with van der Waals surface area (Å²) in [4.78, 5) is 30.3. The molecule has 1 unspecified atom stereocenters. The second kappa shape index (κ2) is 8.00. The molecule has 0 radical (unpaired) electrons. The third kappa shape index (κ3) is 3.85. The van der Waals surface area contributed by atoms with Gasteiger partial charge >= 0.3 is 0 Å². The normalized spacial score (nSPS) is 20.3. The van der Waals surface area contributed by atoms with E-state index in [-0.39, 0.29) is 17.7 Å². The van der Waals surface area contributed by atoms with Gasteiger partial charge in [0.25, 0.3) is 0 Å². The molecule has 1 atom stereocenters. The molecule has 0 aliphatic carbocycles. The van der Waals surface area contributed by atoms with E-state index in [1.165, 1.54) is 0 Å². The third-order valence-electron chi connectivity index (χ3n) is 5.56. The molecule has 4 rings (SSSR count). The number of carbonyl (C=O) groups excluding carboxylic acids is 2. The molecule has 2 aromatic heterocycles. The number of anilines is 1. The van der Waals surface area contributed by atoms with E-state index in [2.05, 4.69) is 15.1 Å². The summed E-state index contributed by atoms with van der Waals surface area (Å²) < 4.78 is 5.35. The molecule has 2 aliphatic heterocycles. The minimum atomic E-state index is -0.0378. The maximum atomic E-state index is 13.0. The third-order valence-corrected chi connectivity index (χ3v) is 5.56. The molecular weight excluding hydrogens is 358 g/mol. The zero-order chi connectivity index (χ0) is 19.5. The van der Waals surface area contributed by atoms with Gasteiger partial charge in [-0.15, -0.1) is 10.2 Å². The smallest absolute Gasteiger partial charge is 0.227 e. The molecule has 148 valence electrons. The number of hydrogen-bond acceptors (Lipinski definition) is 6. The summed E-state index contributed by atoms with van der Waals surface area (Å²) in [6, 6.07) is 7.50. The molecule has 2 amide bonds.